The first kappa shape index (κ1) is 10.8. The van der Waals surface area contributed by atoms with Crippen LogP contribution in [0.25, 0.3) is 0 Å². The van der Waals surface area contributed by atoms with E-state index in [1.807, 2.05) is 0 Å². The Balaban J connectivity index is 1.62. The summed E-state index contributed by atoms with van der Waals surface area (Å²) < 4.78 is 0. The van der Waals surface area contributed by atoms with Crippen LogP contribution in [0.1, 0.15) is 51.4 Å². The van der Waals surface area contributed by atoms with E-state index >= 15 is 0 Å². The first-order chi connectivity index (χ1) is 7.84. The predicted octanol–water partition coefficient (Wildman–Crippen LogP) is 2.62. The van der Waals surface area contributed by atoms with Crippen LogP contribution in [0.2, 0.25) is 0 Å². The van der Waals surface area contributed by atoms with E-state index in [1.54, 1.807) is 0 Å². The van der Waals surface area contributed by atoms with Gasteiger partial charge in [-0.15, -0.1) is 0 Å². The maximum absolute atomic E-state index is 11.7. The minimum atomic E-state index is 0.388. The minimum absolute atomic E-state index is 0.388. The number of carbonyl (C=O) groups excluding carboxylic acids is 1. The molecular weight excluding hydrogens is 198 g/mol. The molecule has 3 rings (SSSR count). The molecule has 2 heteroatoms. The molecule has 0 aromatic rings. The van der Waals surface area contributed by atoms with Crippen molar-refractivity contribution >= 4 is 5.78 Å². The van der Waals surface area contributed by atoms with E-state index in [0.29, 0.717) is 11.7 Å². The summed E-state index contributed by atoms with van der Waals surface area (Å²) in [4.78, 5) is 14.4. The third-order valence-corrected chi connectivity index (χ3v) is 4.99. The standard InChI is InChI=1S/C14H23NO/c16-14-8-2-5-12(14)10-15-9-3-6-11-4-1-7-13(11)15/h11-13H,1-10H2. The van der Waals surface area contributed by atoms with Crippen molar-refractivity contribution in [2.45, 2.75) is 57.4 Å². The zero-order valence-corrected chi connectivity index (χ0v) is 10.2. The number of piperidine rings is 1. The van der Waals surface area contributed by atoms with E-state index in [2.05, 4.69) is 4.90 Å². The van der Waals surface area contributed by atoms with Gasteiger partial charge in [0.25, 0.3) is 0 Å². The number of Topliss-reactive ketones (excluding diaryl/α,β-unsaturated/α-hetero) is 1. The van der Waals surface area contributed by atoms with Crippen molar-refractivity contribution in [3.05, 3.63) is 0 Å². The van der Waals surface area contributed by atoms with Crippen molar-refractivity contribution < 1.29 is 4.79 Å². The molecule has 1 heterocycles. The predicted molar refractivity (Wildman–Crippen MR) is 64.3 cm³/mol. The van der Waals surface area contributed by atoms with E-state index in [0.717, 1.165) is 37.8 Å². The normalized spacial score (nSPS) is 40.2. The Bertz CT molecular complexity index is 276. The highest BCUT2D eigenvalue weighted by molar-refractivity contribution is 5.83. The average Bonchev–Trinajstić information content (AvgIpc) is 2.89. The van der Waals surface area contributed by atoms with E-state index < -0.39 is 0 Å². The van der Waals surface area contributed by atoms with E-state index in [4.69, 9.17) is 0 Å². The van der Waals surface area contributed by atoms with Crippen LogP contribution in [0.3, 0.4) is 0 Å². The van der Waals surface area contributed by atoms with Gasteiger partial charge in [-0.2, -0.15) is 0 Å². The lowest BCUT2D eigenvalue weighted by molar-refractivity contribution is -0.121. The molecule has 3 atom stereocenters. The van der Waals surface area contributed by atoms with Crippen LogP contribution >= 0.6 is 0 Å². The quantitative estimate of drug-likeness (QED) is 0.714. The molecule has 0 amide bonds. The van der Waals surface area contributed by atoms with Crippen LogP contribution in [0.15, 0.2) is 0 Å². The number of likely N-dealkylation sites (tertiary alicyclic amines) is 1. The number of nitrogens with zero attached hydrogens (tertiary/aromatic N) is 1. The van der Waals surface area contributed by atoms with Gasteiger partial charge in [0.1, 0.15) is 5.78 Å². The molecule has 1 aliphatic heterocycles. The summed E-state index contributed by atoms with van der Waals surface area (Å²) in [6.45, 7) is 2.34. The van der Waals surface area contributed by atoms with Crippen molar-refractivity contribution in [2.75, 3.05) is 13.1 Å². The number of fused-ring (bicyclic) bond motifs is 1. The molecule has 3 aliphatic rings. The zero-order chi connectivity index (χ0) is 11.0. The number of rotatable bonds is 2. The number of hydrogen-bond donors (Lipinski definition) is 0. The Labute approximate surface area is 98.4 Å². The topological polar surface area (TPSA) is 20.3 Å². The summed E-state index contributed by atoms with van der Waals surface area (Å²) in [5, 5.41) is 0. The van der Waals surface area contributed by atoms with Gasteiger partial charge in [-0.25, -0.2) is 0 Å². The molecule has 3 fully saturated rings. The lowest BCUT2D eigenvalue weighted by atomic mass is 9.91. The fourth-order valence-electron chi connectivity index (χ4n) is 4.15. The molecule has 0 aromatic heterocycles. The highest BCUT2D eigenvalue weighted by atomic mass is 16.1. The van der Waals surface area contributed by atoms with Crippen LogP contribution in [-0.4, -0.2) is 29.8 Å². The van der Waals surface area contributed by atoms with Crippen LogP contribution in [-0.2, 0) is 4.79 Å². The second kappa shape index (κ2) is 4.48. The van der Waals surface area contributed by atoms with Gasteiger partial charge < -0.3 is 0 Å². The maximum atomic E-state index is 11.7. The lowest BCUT2D eigenvalue weighted by Crippen LogP contribution is -2.45. The molecule has 16 heavy (non-hydrogen) atoms. The van der Waals surface area contributed by atoms with Crippen molar-refractivity contribution in [1.82, 2.24) is 4.90 Å². The van der Waals surface area contributed by atoms with Crippen LogP contribution in [0, 0.1) is 11.8 Å². The van der Waals surface area contributed by atoms with Gasteiger partial charge in [0.05, 0.1) is 0 Å². The van der Waals surface area contributed by atoms with Crippen molar-refractivity contribution in [2.24, 2.45) is 11.8 Å². The summed E-state index contributed by atoms with van der Waals surface area (Å²) in [7, 11) is 0. The molecule has 90 valence electrons. The number of carbonyl (C=O) groups is 1. The largest absolute Gasteiger partial charge is 0.299 e. The monoisotopic (exact) mass is 221 g/mol. The Kier molecular flexibility index (Phi) is 3.01. The van der Waals surface area contributed by atoms with Gasteiger partial charge in [0.15, 0.2) is 0 Å². The molecular formula is C14H23NO. The fraction of sp³-hybridized carbons (Fsp3) is 0.929. The number of ketones is 1. The average molecular weight is 221 g/mol. The Morgan fingerprint density at radius 1 is 1.06 bits per heavy atom. The van der Waals surface area contributed by atoms with Gasteiger partial charge in [-0.05, 0) is 51.0 Å². The smallest absolute Gasteiger partial charge is 0.137 e. The second-order valence-electron chi connectivity index (χ2n) is 5.95. The molecule has 1 saturated heterocycles. The Morgan fingerprint density at radius 2 is 1.94 bits per heavy atom. The minimum Gasteiger partial charge on any atom is -0.299 e. The SMILES string of the molecule is O=C1CCCC1CN1CCCC2CCCC21. The van der Waals surface area contributed by atoms with Crippen LogP contribution in [0.4, 0.5) is 0 Å². The van der Waals surface area contributed by atoms with Gasteiger partial charge >= 0.3 is 0 Å². The summed E-state index contributed by atoms with van der Waals surface area (Å²) in [5.41, 5.74) is 0. The van der Waals surface area contributed by atoms with Crippen LogP contribution in [0.5, 0.6) is 0 Å². The van der Waals surface area contributed by atoms with E-state index in [-0.39, 0.29) is 0 Å². The molecule has 2 aliphatic carbocycles. The maximum Gasteiger partial charge on any atom is 0.137 e. The van der Waals surface area contributed by atoms with Gasteiger partial charge in [0, 0.05) is 24.9 Å². The molecule has 0 bridgehead atoms. The molecule has 0 spiro atoms. The van der Waals surface area contributed by atoms with E-state index in [9.17, 15) is 4.79 Å². The molecule has 2 saturated carbocycles. The van der Waals surface area contributed by atoms with E-state index in [1.165, 1.54) is 38.6 Å². The lowest BCUT2D eigenvalue weighted by Gasteiger charge is -2.38. The number of hydrogen-bond acceptors (Lipinski definition) is 2. The van der Waals surface area contributed by atoms with Crippen molar-refractivity contribution in [3.63, 3.8) is 0 Å². The second-order valence-corrected chi connectivity index (χ2v) is 5.95. The first-order valence-corrected chi connectivity index (χ1v) is 7.11. The molecule has 0 radical (unpaired) electrons. The Morgan fingerprint density at radius 3 is 2.75 bits per heavy atom. The highest BCUT2D eigenvalue weighted by Crippen LogP contribution is 2.37. The summed E-state index contributed by atoms with van der Waals surface area (Å²) >= 11 is 0. The van der Waals surface area contributed by atoms with Gasteiger partial charge in [0.2, 0.25) is 0 Å². The third kappa shape index (κ3) is 1.92. The highest BCUT2D eigenvalue weighted by Gasteiger charge is 2.37. The van der Waals surface area contributed by atoms with Crippen molar-refractivity contribution in [1.29, 1.82) is 0 Å². The molecule has 0 N–H and O–H groups in total. The first-order valence-electron chi connectivity index (χ1n) is 7.11. The summed E-state index contributed by atoms with van der Waals surface area (Å²) in [6.07, 6.45) is 10.2. The van der Waals surface area contributed by atoms with Gasteiger partial charge in [-0.3, -0.25) is 9.69 Å². The molecule has 2 nitrogen and oxygen atoms in total. The zero-order valence-electron chi connectivity index (χ0n) is 10.2. The van der Waals surface area contributed by atoms with Gasteiger partial charge in [-0.1, -0.05) is 6.42 Å². The van der Waals surface area contributed by atoms with Crippen LogP contribution < -0.4 is 0 Å². The summed E-state index contributed by atoms with van der Waals surface area (Å²) in [6, 6.07) is 0.835. The fourth-order valence-corrected chi connectivity index (χ4v) is 4.15. The Hall–Kier alpha value is -0.370. The molecule has 0 aromatic carbocycles. The molecule has 3 unspecified atom stereocenters. The van der Waals surface area contributed by atoms with Crippen molar-refractivity contribution in [3.8, 4) is 0 Å². The summed E-state index contributed by atoms with van der Waals surface area (Å²) in [5.74, 6) is 1.89. The third-order valence-electron chi connectivity index (χ3n) is 4.99.